The summed E-state index contributed by atoms with van der Waals surface area (Å²) in [5.74, 6) is 0. The van der Waals surface area contributed by atoms with Crippen LogP contribution in [0.3, 0.4) is 0 Å². The number of benzene rings is 11. The van der Waals surface area contributed by atoms with E-state index in [1.54, 1.807) is 0 Å². The van der Waals surface area contributed by atoms with Gasteiger partial charge < -0.3 is 9.32 Å². The van der Waals surface area contributed by atoms with Crippen molar-refractivity contribution in [3.63, 3.8) is 0 Å². The van der Waals surface area contributed by atoms with E-state index in [0.717, 1.165) is 55.7 Å². The Morgan fingerprint density at radius 2 is 0.766 bits per heavy atom. The van der Waals surface area contributed by atoms with Crippen molar-refractivity contribution in [3.8, 4) is 55.6 Å². The first-order chi connectivity index (χ1) is 31.7. The van der Waals surface area contributed by atoms with E-state index in [9.17, 15) is 0 Å². The third kappa shape index (κ3) is 6.61. The van der Waals surface area contributed by atoms with Crippen LogP contribution in [0.15, 0.2) is 253 Å². The first kappa shape index (κ1) is 37.3. The zero-order valence-corrected chi connectivity index (χ0v) is 35.0. The predicted molar refractivity (Wildman–Crippen MR) is 271 cm³/mol. The van der Waals surface area contributed by atoms with Crippen molar-refractivity contribution in [2.24, 2.45) is 0 Å². The standard InChI is InChI=1S/C62H41NO/c1-4-14-42(15-5-1)44-24-26-47(27-25-44)55-38-39-59(61-56-22-12-13-23-60(56)64-62(55)61)63(52-36-32-48-29-28-46-20-10-11-21-53(46)58(48)41-52)51-34-30-49(31-35-51)57-40-50(43-16-6-2-7-17-43)33-37-54(57)45-18-8-3-9-19-45/h1-41H. The molecular formula is C62H41NO. The lowest BCUT2D eigenvalue weighted by atomic mass is 9.91. The molecule has 0 aliphatic heterocycles. The number of furan rings is 1. The van der Waals surface area contributed by atoms with Gasteiger partial charge in [0.05, 0.1) is 11.1 Å². The average molecular weight is 816 g/mol. The number of anilines is 3. The van der Waals surface area contributed by atoms with Crippen LogP contribution in [0.2, 0.25) is 0 Å². The fraction of sp³-hybridized carbons (Fsp3) is 0. The smallest absolute Gasteiger partial charge is 0.145 e. The van der Waals surface area contributed by atoms with Crippen LogP contribution < -0.4 is 4.90 Å². The number of para-hydroxylation sites is 1. The molecule has 0 amide bonds. The molecule has 12 aromatic rings. The van der Waals surface area contributed by atoms with Crippen molar-refractivity contribution in [1.82, 2.24) is 0 Å². The molecule has 2 nitrogen and oxygen atoms in total. The maximum Gasteiger partial charge on any atom is 0.145 e. The lowest BCUT2D eigenvalue weighted by molar-refractivity contribution is 0.670. The summed E-state index contributed by atoms with van der Waals surface area (Å²) in [4.78, 5) is 2.41. The Labute approximate surface area is 372 Å². The fourth-order valence-corrected chi connectivity index (χ4v) is 9.51. The van der Waals surface area contributed by atoms with E-state index in [1.807, 2.05) is 0 Å². The van der Waals surface area contributed by atoms with Crippen LogP contribution in [0, 0.1) is 0 Å². The Bertz CT molecular complexity index is 3630. The van der Waals surface area contributed by atoms with Gasteiger partial charge in [-0.25, -0.2) is 0 Å². The molecule has 11 aromatic carbocycles. The molecular weight excluding hydrogens is 775 g/mol. The van der Waals surface area contributed by atoms with Crippen LogP contribution in [0.5, 0.6) is 0 Å². The van der Waals surface area contributed by atoms with Crippen molar-refractivity contribution in [2.45, 2.75) is 0 Å². The Kier molecular flexibility index (Phi) is 9.20. The van der Waals surface area contributed by atoms with E-state index in [1.165, 1.54) is 60.5 Å². The van der Waals surface area contributed by atoms with Crippen molar-refractivity contribution in [2.75, 3.05) is 4.90 Å². The molecule has 0 radical (unpaired) electrons. The molecule has 0 aliphatic carbocycles. The molecule has 0 spiro atoms. The van der Waals surface area contributed by atoms with E-state index in [-0.39, 0.29) is 0 Å². The van der Waals surface area contributed by atoms with Gasteiger partial charge in [0.2, 0.25) is 0 Å². The molecule has 1 aromatic heterocycles. The van der Waals surface area contributed by atoms with Crippen LogP contribution in [-0.4, -0.2) is 0 Å². The molecule has 0 fully saturated rings. The molecule has 0 aliphatic rings. The SMILES string of the molecule is c1ccc(-c2ccc(-c3ccc(N(c4ccc(-c5cc(-c6ccccc6)ccc5-c5ccccc5)cc4)c4ccc5ccc6ccccc6c5c4)c4c3oc3ccccc34)cc2)cc1. The quantitative estimate of drug-likeness (QED) is 0.142. The van der Waals surface area contributed by atoms with Crippen LogP contribution in [0.1, 0.15) is 0 Å². The molecule has 2 heteroatoms. The van der Waals surface area contributed by atoms with E-state index in [4.69, 9.17) is 4.42 Å². The van der Waals surface area contributed by atoms with Gasteiger partial charge in [0, 0.05) is 22.3 Å². The van der Waals surface area contributed by atoms with Gasteiger partial charge in [0.25, 0.3) is 0 Å². The Morgan fingerprint density at radius 1 is 0.281 bits per heavy atom. The molecule has 0 N–H and O–H groups in total. The lowest BCUT2D eigenvalue weighted by Crippen LogP contribution is -2.10. The van der Waals surface area contributed by atoms with Crippen molar-refractivity contribution in [3.05, 3.63) is 249 Å². The van der Waals surface area contributed by atoms with E-state index in [0.29, 0.717) is 0 Å². The third-order valence-corrected chi connectivity index (χ3v) is 12.7. The summed E-state index contributed by atoms with van der Waals surface area (Å²) in [5.41, 5.74) is 16.6. The highest BCUT2D eigenvalue weighted by molar-refractivity contribution is 6.17. The Balaban J connectivity index is 1.06. The van der Waals surface area contributed by atoms with Gasteiger partial charge >= 0.3 is 0 Å². The number of fused-ring (bicyclic) bond motifs is 6. The third-order valence-electron chi connectivity index (χ3n) is 12.7. The predicted octanol–water partition coefficient (Wildman–Crippen LogP) is 17.7. The van der Waals surface area contributed by atoms with Crippen molar-refractivity contribution in [1.29, 1.82) is 0 Å². The van der Waals surface area contributed by atoms with E-state index >= 15 is 0 Å². The molecule has 0 unspecified atom stereocenters. The normalized spacial score (nSPS) is 11.4. The minimum atomic E-state index is 0.860. The van der Waals surface area contributed by atoms with Crippen molar-refractivity contribution < 1.29 is 4.42 Å². The molecule has 0 atom stereocenters. The summed E-state index contributed by atoms with van der Waals surface area (Å²) in [5, 5.41) is 7.03. The molecule has 64 heavy (non-hydrogen) atoms. The Hall–Kier alpha value is -8.46. The first-order valence-corrected chi connectivity index (χ1v) is 21.9. The summed E-state index contributed by atoms with van der Waals surface area (Å²) in [6.45, 7) is 0. The van der Waals surface area contributed by atoms with Gasteiger partial charge in [-0.1, -0.05) is 200 Å². The molecule has 0 saturated heterocycles. The number of nitrogens with zero attached hydrogens (tertiary/aromatic N) is 1. The summed E-state index contributed by atoms with van der Waals surface area (Å²) in [6.07, 6.45) is 0. The van der Waals surface area contributed by atoms with Gasteiger partial charge in [-0.05, 0) is 120 Å². The summed E-state index contributed by atoms with van der Waals surface area (Å²) in [7, 11) is 0. The molecule has 300 valence electrons. The highest BCUT2D eigenvalue weighted by Gasteiger charge is 2.23. The van der Waals surface area contributed by atoms with Crippen LogP contribution >= 0.6 is 0 Å². The average Bonchev–Trinajstić information content (AvgIpc) is 3.77. The summed E-state index contributed by atoms with van der Waals surface area (Å²) < 4.78 is 6.90. The van der Waals surface area contributed by atoms with Crippen LogP contribution in [0.4, 0.5) is 17.1 Å². The zero-order chi connectivity index (χ0) is 42.4. The van der Waals surface area contributed by atoms with Gasteiger partial charge in [-0.2, -0.15) is 0 Å². The van der Waals surface area contributed by atoms with Gasteiger partial charge in [0.15, 0.2) is 0 Å². The maximum atomic E-state index is 6.90. The topological polar surface area (TPSA) is 16.4 Å². The molecule has 1 heterocycles. The molecule has 0 saturated carbocycles. The number of rotatable bonds is 8. The monoisotopic (exact) mass is 815 g/mol. The second-order valence-corrected chi connectivity index (χ2v) is 16.4. The summed E-state index contributed by atoms with van der Waals surface area (Å²) >= 11 is 0. The minimum absolute atomic E-state index is 0.860. The Morgan fingerprint density at radius 3 is 1.50 bits per heavy atom. The maximum absolute atomic E-state index is 6.90. The minimum Gasteiger partial charge on any atom is -0.455 e. The largest absolute Gasteiger partial charge is 0.455 e. The van der Waals surface area contributed by atoms with E-state index < -0.39 is 0 Å². The molecule has 12 rings (SSSR count). The highest BCUT2D eigenvalue weighted by atomic mass is 16.3. The van der Waals surface area contributed by atoms with Crippen LogP contribution in [-0.2, 0) is 0 Å². The lowest BCUT2D eigenvalue weighted by Gasteiger charge is -2.27. The van der Waals surface area contributed by atoms with Gasteiger partial charge in [0.1, 0.15) is 11.2 Å². The molecule has 0 bridgehead atoms. The fourth-order valence-electron chi connectivity index (χ4n) is 9.51. The van der Waals surface area contributed by atoms with Crippen LogP contribution in [0.25, 0.3) is 99.1 Å². The second kappa shape index (κ2) is 15.8. The highest BCUT2D eigenvalue weighted by Crippen LogP contribution is 2.47. The van der Waals surface area contributed by atoms with Gasteiger partial charge in [-0.3, -0.25) is 0 Å². The number of hydrogen-bond acceptors (Lipinski definition) is 2. The number of hydrogen-bond donors (Lipinski definition) is 0. The van der Waals surface area contributed by atoms with Gasteiger partial charge in [-0.15, -0.1) is 0 Å². The van der Waals surface area contributed by atoms with Crippen molar-refractivity contribution >= 4 is 60.5 Å². The second-order valence-electron chi connectivity index (χ2n) is 16.4. The zero-order valence-electron chi connectivity index (χ0n) is 35.0. The first-order valence-electron chi connectivity index (χ1n) is 21.9. The summed E-state index contributed by atoms with van der Waals surface area (Å²) in [6, 6.07) is 89.6. The van der Waals surface area contributed by atoms with E-state index in [2.05, 4.69) is 254 Å².